The summed E-state index contributed by atoms with van der Waals surface area (Å²) in [4.78, 5) is 25.6. The van der Waals surface area contributed by atoms with Crippen LogP contribution in [0.5, 0.6) is 0 Å². The Labute approximate surface area is 160 Å². The van der Waals surface area contributed by atoms with Gasteiger partial charge >= 0.3 is 11.9 Å². The first-order chi connectivity index (χ1) is 12.9. The molecule has 3 rings (SSSR count). The lowest BCUT2D eigenvalue weighted by molar-refractivity contribution is -0.171. The van der Waals surface area contributed by atoms with Gasteiger partial charge in [-0.2, -0.15) is 0 Å². The van der Waals surface area contributed by atoms with E-state index in [1.54, 1.807) is 13.8 Å². The molecule has 2 aromatic rings. The zero-order chi connectivity index (χ0) is 19.6. The van der Waals surface area contributed by atoms with E-state index in [-0.39, 0.29) is 13.2 Å². The highest BCUT2D eigenvalue weighted by Crippen LogP contribution is 2.44. The molecule has 0 bridgehead atoms. The number of hydrogen-bond donors (Lipinski definition) is 0. The Hall–Kier alpha value is -2.62. The fourth-order valence-corrected chi connectivity index (χ4v) is 4.02. The van der Waals surface area contributed by atoms with Crippen LogP contribution in [0.25, 0.3) is 11.1 Å². The highest BCUT2D eigenvalue weighted by molar-refractivity contribution is 6.02. The van der Waals surface area contributed by atoms with Crippen LogP contribution in [0.4, 0.5) is 0 Å². The number of carbonyl (C=O) groups excluding carboxylic acids is 2. The van der Waals surface area contributed by atoms with Gasteiger partial charge in [0.15, 0.2) is 5.41 Å². The molecule has 4 heteroatoms. The molecule has 0 unspecified atom stereocenters. The van der Waals surface area contributed by atoms with Crippen LogP contribution in [-0.4, -0.2) is 25.2 Å². The highest BCUT2D eigenvalue weighted by Gasteiger charge is 2.53. The number of fused-ring (bicyclic) bond motifs is 1. The van der Waals surface area contributed by atoms with E-state index < -0.39 is 17.4 Å². The summed E-state index contributed by atoms with van der Waals surface area (Å²) in [5, 5.41) is 0. The minimum absolute atomic E-state index is 0.240. The quantitative estimate of drug-likeness (QED) is 0.588. The fraction of sp³-hybridized carbons (Fsp3) is 0.391. The molecule has 0 saturated heterocycles. The zero-order valence-electron chi connectivity index (χ0n) is 16.4. The standard InChI is InChI=1S/C23H26O4/c1-5-26-21(24)23(22(25)27-6-2)13-19-15(3)12-18(16(4)20(19)14-23)17-10-8-7-9-11-17/h7-12H,5-6,13-14H2,1-4H3. The monoisotopic (exact) mass is 366 g/mol. The molecule has 0 aromatic heterocycles. The predicted molar refractivity (Wildman–Crippen MR) is 104 cm³/mol. The average Bonchev–Trinajstić information content (AvgIpc) is 3.09. The average molecular weight is 366 g/mol. The van der Waals surface area contributed by atoms with Crippen LogP contribution in [0, 0.1) is 19.3 Å². The summed E-state index contributed by atoms with van der Waals surface area (Å²) in [7, 11) is 0. The predicted octanol–water partition coefficient (Wildman–Crippen LogP) is 4.18. The molecule has 4 nitrogen and oxygen atoms in total. The number of ether oxygens (including phenoxy) is 2. The van der Waals surface area contributed by atoms with E-state index in [9.17, 15) is 9.59 Å². The van der Waals surface area contributed by atoms with Crippen molar-refractivity contribution in [2.45, 2.75) is 40.5 Å². The molecule has 1 aliphatic rings. The van der Waals surface area contributed by atoms with E-state index in [2.05, 4.69) is 25.1 Å². The van der Waals surface area contributed by atoms with Gasteiger partial charge < -0.3 is 9.47 Å². The molecule has 0 saturated carbocycles. The molecule has 0 aliphatic heterocycles. The summed E-state index contributed by atoms with van der Waals surface area (Å²) in [6.07, 6.45) is 0.662. The van der Waals surface area contributed by atoms with Crippen LogP contribution >= 0.6 is 0 Å². The minimum atomic E-state index is -1.28. The van der Waals surface area contributed by atoms with Crippen LogP contribution in [-0.2, 0) is 31.9 Å². The van der Waals surface area contributed by atoms with Crippen molar-refractivity contribution in [3.05, 3.63) is 58.7 Å². The Morgan fingerprint density at radius 3 is 2.04 bits per heavy atom. The number of esters is 2. The third-order valence-electron chi connectivity index (χ3n) is 5.43. The third kappa shape index (κ3) is 3.25. The minimum Gasteiger partial charge on any atom is -0.465 e. The van der Waals surface area contributed by atoms with E-state index in [0.717, 1.165) is 33.4 Å². The van der Waals surface area contributed by atoms with Crippen molar-refractivity contribution >= 4 is 11.9 Å². The van der Waals surface area contributed by atoms with Crippen molar-refractivity contribution in [1.82, 2.24) is 0 Å². The van der Waals surface area contributed by atoms with Crippen molar-refractivity contribution in [2.75, 3.05) is 13.2 Å². The maximum absolute atomic E-state index is 12.8. The molecule has 0 atom stereocenters. The van der Waals surface area contributed by atoms with Gasteiger partial charge in [-0.3, -0.25) is 9.59 Å². The van der Waals surface area contributed by atoms with Crippen molar-refractivity contribution in [3.8, 4) is 11.1 Å². The molecule has 0 N–H and O–H groups in total. The maximum atomic E-state index is 12.8. The molecule has 142 valence electrons. The van der Waals surface area contributed by atoms with Crippen molar-refractivity contribution in [1.29, 1.82) is 0 Å². The number of aryl methyl sites for hydroxylation is 1. The van der Waals surface area contributed by atoms with Crippen molar-refractivity contribution in [2.24, 2.45) is 5.41 Å². The first kappa shape index (κ1) is 19.2. The first-order valence-electron chi connectivity index (χ1n) is 9.46. The smallest absolute Gasteiger partial charge is 0.324 e. The number of hydrogen-bond acceptors (Lipinski definition) is 4. The van der Waals surface area contributed by atoms with E-state index in [1.165, 1.54) is 0 Å². The number of benzene rings is 2. The zero-order valence-corrected chi connectivity index (χ0v) is 16.4. The van der Waals surface area contributed by atoms with Gasteiger partial charge in [-0.1, -0.05) is 36.4 Å². The number of carbonyl (C=O) groups is 2. The SMILES string of the molecule is CCOC(=O)C1(C(=O)OCC)Cc2c(C)cc(-c3ccccc3)c(C)c2C1. The summed E-state index contributed by atoms with van der Waals surface area (Å²) < 4.78 is 10.6. The van der Waals surface area contributed by atoms with Gasteiger partial charge in [-0.05, 0) is 61.1 Å². The maximum Gasteiger partial charge on any atom is 0.324 e. The van der Waals surface area contributed by atoms with E-state index in [4.69, 9.17) is 9.47 Å². The van der Waals surface area contributed by atoms with Gasteiger partial charge in [0.2, 0.25) is 0 Å². The molecule has 0 heterocycles. The van der Waals surface area contributed by atoms with Gasteiger partial charge in [0.05, 0.1) is 13.2 Å². The lowest BCUT2D eigenvalue weighted by atomic mass is 9.84. The van der Waals surface area contributed by atoms with E-state index >= 15 is 0 Å². The molecule has 0 radical (unpaired) electrons. The van der Waals surface area contributed by atoms with Gasteiger partial charge in [0, 0.05) is 12.8 Å². The summed E-state index contributed by atoms with van der Waals surface area (Å²) in [6, 6.07) is 12.3. The summed E-state index contributed by atoms with van der Waals surface area (Å²) in [5.74, 6) is -0.973. The molecular weight excluding hydrogens is 340 g/mol. The molecular formula is C23H26O4. The second-order valence-electron chi connectivity index (χ2n) is 7.07. The second kappa shape index (κ2) is 7.55. The normalized spacial score (nSPS) is 14.5. The Kier molecular flexibility index (Phi) is 5.36. The van der Waals surface area contributed by atoms with Crippen LogP contribution in [0.3, 0.4) is 0 Å². The van der Waals surface area contributed by atoms with Gasteiger partial charge in [-0.15, -0.1) is 0 Å². The Morgan fingerprint density at radius 1 is 0.926 bits per heavy atom. The lowest BCUT2D eigenvalue weighted by Gasteiger charge is -2.24. The molecule has 27 heavy (non-hydrogen) atoms. The largest absolute Gasteiger partial charge is 0.465 e. The van der Waals surface area contributed by atoms with Gasteiger partial charge in [0.25, 0.3) is 0 Å². The van der Waals surface area contributed by atoms with E-state index in [0.29, 0.717) is 12.8 Å². The van der Waals surface area contributed by atoms with Crippen LogP contribution in [0.2, 0.25) is 0 Å². The number of rotatable bonds is 5. The van der Waals surface area contributed by atoms with Gasteiger partial charge in [0.1, 0.15) is 0 Å². The molecule has 0 spiro atoms. The topological polar surface area (TPSA) is 52.6 Å². The molecule has 0 fully saturated rings. The Bertz CT molecular complexity index is 850. The van der Waals surface area contributed by atoms with Crippen LogP contribution in [0.15, 0.2) is 36.4 Å². The van der Waals surface area contributed by atoms with E-state index in [1.807, 2.05) is 25.1 Å². The summed E-state index contributed by atoms with van der Waals surface area (Å²) >= 11 is 0. The Morgan fingerprint density at radius 2 is 1.48 bits per heavy atom. The van der Waals surface area contributed by atoms with Crippen LogP contribution < -0.4 is 0 Å². The highest BCUT2D eigenvalue weighted by atomic mass is 16.6. The van der Waals surface area contributed by atoms with Crippen molar-refractivity contribution < 1.29 is 19.1 Å². The Balaban J connectivity index is 2.11. The molecule has 2 aromatic carbocycles. The summed E-state index contributed by atoms with van der Waals surface area (Å²) in [5.41, 5.74) is 5.31. The molecule has 0 amide bonds. The second-order valence-corrected chi connectivity index (χ2v) is 7.07. The summed E-state index contributed by atoms with van der Waals surface area (Å²) in [6.45, 7) is 8.09. The molecule has 1 aliphatic carbocycles. The van der Waals surface area contributed by atoms with Crippen molar-refractivity contribution in [3.63, 3.8) is 0 Å². The third-order valence-corrected chi connectivity index (χ3v) is 5.43. The first-order valence-corrected chi connectivity index (χ1v) is 9.46. The van der Waals surface area contributed by atoms with Crippen LogP contribution in [0.1, 0.15) is 36.1 Å². The fourth-order valence-electron chi connectivity index (χ4n) is 4.02. The lowest BCUT2D eigenvalue weighted by Crippen LogP contribution is -2.43. The van der Waals surface area contributed by atoms with Gasteiger partial charge in [-0.25, -0.2) is 0 Å².